The van der Waals surface area contributed by atoms with Gasteiger partial charge in [0.05, 0.1) is 32.1 Å². The summed E-state index contributed by atoms with van der Waals surface area (Å²) in [5.41, 5.74) is 3.12. The molecule has 1 aliphatic heterocycles. The van der Waals surface area contributed by atoms with Crippen molar-refractivity contribution in [1.82, 2.24) is 4.90 Å². The molecule has 1 N–H and O–H groups in total. The number of nitrogens with zero attached hydrogens (tertiary/aromatic N) is 1. The van der Waals surface area contributed by atoms with Crippen LogP contribution in [0.2, 0.25) is 0 Å². The molecule has 2 aromatic carbocycles. The van der Waals surface area contributed by atoms with E-state index in [1.807, 2.05) is 45.0 Å². The molecule has 6 heteroatoms. The standard InChI is InChI=1S/C23H30N2O4/c1-5-28-21-13-17-11-12-25(15-18(17)14-22(21)29-6-2)16(3)23(26)24-19-9-7-8-10-20(19)27-4/h7-10,13-14,16H,5-6,11-12,15H2,1-4H3,(H,24,26)/t16-/m1/s1. The average molecular weight is 399 g/mol. The van der Waals surface area contributed by atoms with E-state index >= 15 is 0 Å². The zero-order valence-corrected chi connectivity index (χ0v) is 17.7. The van der Waals surface area contributed by atoms with Gasteiger partial charge < -0.3 is 19.5 Å². The molecular weight excluding hydrogens is 368 g/mol. The molecule has 0 fully saturated rings. The van der Waals surface area contributed by atoms with Gasteiger partial charge in [-0.1, -0.05) is 12.1 Å². The summed E-state index contributed by atoms with van der Waals surface area (Å²) in [7, 11) is 1.60. The van der Waals surface area contributed by atoms with Crippen LogP contribution in [0.4, 0.5) is 5.69 Å². The van der Waals surface area contributed by atoms with Crippen molar-refractivity contribution in [3.8, 4) is 17.2 Å². The maximum absolute atomic E-state index is 12.8. The number of hydrogen-bond donors (Lipinski definition) is 1. The Kier molecular flexibility index (Phi) is 6.99. The van der Waals surface area contributed by atoms with E-state index in [4.69, 9.17) is 14.2 Å². The summed E-state index contributed by atoms with van der Waals surface area (Å²) in [6, 6.07) is 11.3. The smallest absolute Gasteiger partial charge is 0.241 e. The third-order valence-corrected chi connectivity index (χ3v) is 5.20. The number of hydrogen-bond acceptors (Lipinski definition) is 5. The van der Waals surface area contributed by atoms with E-state index in [9.17, 15) is 4.79 Å². The van der Waals surface area contributed by atoms with Crippen LogP contribution in [0.25, 0.3) is 0 Å². The molecule has 0 aliphatic carbocycles. The monoisotopic (exact) mass is 398 g/mol. The number of fused-ring (bicyclic) bond motifs is 1. The highest BCUT2D eigenvalue weighted by Crippen LogP contribution is 2.34. The molecule has 156 valence electrons. The van der Waals surface area contributed by atoms with E-state index in [1.165, 1.54) is 11.1 Å². The van der Waals surface area contributed by atoms with Crippen molar-refractivity contribution in [2.45, 2.75) is 39.8 Å². The van der Waals surface area contributed by atoms with Crippen LogP contribution in [-0.2, 0) is 17.8 Å². The molecular formula is C23H30N2O4. The summed E-state index contributed by atoms with van der Waals surface area (Å²) < 4.78 is 16.8. The first kappa shape index (κ1) is 21.0. The first-order valence-electron chi connectivity index (χ1n) is 10.2. The topological polar surface area (TPSA) is 60.0 Å². The molecule has 6 nitrogen and oxygen atoms in total. The molecule has 1 atom stereocenters. The van der Waals surface area contributed by atoms with Gasteiger partial charge in [0.25, 0.3) is 0 Å². The van der Waals surface area contributed by atoms with Crippen LogP contribution in [0.5, 0.6) is 17.2 Å². The van der Waals surface area contributed by atoms with Crippen molar-refractivity contribution in [2.24, 2.45) is 0 Å². The lowest BCUT2D eigenvalue weighted by molar-refractivity contribution is -0.121. The van der Waals surface area contributed by atoms with Gasteiger partial charge in [0.15, 0.2) is 11.5 Å². The van der Waals surface area contributed by atoms with Crippen LogP contribution >= 0.6 is 0 Å². The van der Waals surface area contributed by atoms with Crippen molar-refractivity contribution in [3.63, 3.8) is 0 Å². The predicted molar refractivity (Wildman–Crippen MR) is 114 cm³/mol. The Hall–Kier alpha value is -2.73. The summed E-state index contributed by atoms with van der Waals surface area (Å²) in [6.07, 6.45) is 0.869. The zero-order chi connectivity index (χ0) is 20.8. The summed E-state index contributed by atoms with van der Waals surface area (Å²) in [6.45, 7) is 8.57. The lowest BCUT2D eigenvalue weighted by Gasteiger charge is -2.33. The molecule has 2 aromatic rings. The first-order chi connectivity index (χ1) is 14.1. The average Bonchev–Trinajstić information content (AvgIpc) is 2.74. The van der Waals surface area contributed by atoms with E-state index < -0.39 is 0 Å². The van der Waals surface area contributed by atoms with E-state index in [0.717, 1.165) is 24.5 Å². The SMILES string of the molecule is CCOc1cc2c(cc1OCC)CN([C@H](C)C(=O)Nc1ccccc1OC)CC2. The lowest BCUT2D eigenvalue weighted by Crippen LogP contribution is -2.44. The number of rotatable bonds is 8. The summed E-state index contributed by atoms with van der Waals surface area (Å²) in [5, 5.41) is 2.99. The van der Waals surface area contributed by atoms with Crippen LogP contribution in [-0.4, -0.2) is 43.7 Å². The highest BCUT2D eigenvalue weighted by molar-refractivity contribution is 5.95. The Bertz CT molecular complexity index is 853. The van der Waals surface area contributed by atoms with Gasteiger partial charge in [-0.2, -0.15) is 0 Å². The highest BCUT2D eigenvalue weighted by Gasteiger charge is 2.27. The van der Waals surface area contributed by atoms with Crippen molar-refractivity contribution >= 4 is 11.6 Å². The van der Waals surface area contributed by atoms with Gasteiger partial charge in [-0.05, 0) is 62.6 Å². The third kappa shape index (κ3) is 4.82. The normalized spacial score (nSPS) is 14.6. The van der Waals surface area contributed by atoms with E-state index in [-0.39, 0.29) is 11.9 Å². The number of ether oxygens (including phenoxy) is 3. The largest absolute Gasteiger partial charge is 0.495 e. The summed E-state index contributed by atoms with van der Waals surface area (Å²) in [5.74, 6) is 2.17. The summed E-state index contributed by atoms with van der Waals surface area (Å²) >= 11 is 0. The second-order valence-corrected chi connectivity index (χ2v) is 7.02. The minimum absolute atomic E-state index is 0.0473. The quantitative estimate of drug-likeness (QED) is 0.731. The Balaban J connectivity index is 1.73. The second kappa shape index (κ2) is 9.65. The number of carbonyl (C=O) groups is 1. The molecule has 3 rings (SSSR count). The molecule has 0 spiro atoms. The van der Waals surface area contributed by atoms with Crippen molar-refractivity contribution in [2.75, 3.05) is 32.2 Å². The molecule has 0 saturated carbocycles. The van der Waals surface area contributed by atoms with Crippen LogP contribution in [0.15, 0.2) is 36.4 Å². The molecule has 0 saturated heterocycles. The molecule has 0 aromatic heterocycles. The molecule has 1 heterocycles. The van der Waals surface area contributed by atoms with Crippen molar-refractivity contribution in [1.29, 1.82) is 0 Å². The van der Waals surface area contributed by atoms with Gasteiger partial charge in [0.2, 0.25) is 5.91 Å². The van der Waals surface area contributed by atoms with Crippen LogP contribution in [0, 0.1) is 0 Å². The Morgan fingerprint density at radius 2 is 1.72 bits per heavy atom. The van der Waals surface area contributed by atoms with Crippen LogP contribution in [0.1, 0.15) is 31.9 Å². The number of carbonyl (C=O) groups excluding carboxylic acids is 1. The Labute approximate surface area is 172 Å². The Morgan fingerprint density at radius 3 is 2.38 bits per heavy atom. The first-order valence-corrected chi connectivity index (χ1v) is 10.2. The van der Waals surface area contributed by atoms with Crippen molar-refractivity contribution < 1.29 is 19.0 Å². The number of anilines is 1. The van der Waals surface area contributed by atoms with E-state index in [1.54, 1.807) is 7.11 Å². The molecule has 0 radical (unpaired) electrons. The fourth-order valence-corrected chi connectivity index (χ4v) is 3.60. The molecule has 0 unspecified atom stereocenters. The minimum Gasteiger partial charge on any atom is -0.495 e. The highest BCUT2D eigenvalue weighted by atomic mass is 16.5. The number of nitrogens with one attached hydrogen (secondary N) is 1. The second-order valence-electron chi connectivity index (χ2n) is 7.02. The van der Waals surface area contributed by atoms with E-state index in [2.05, 4.69) is 22.3 Å². The molecule has 1 amide bonds. The lowest BCUT2D eigenvalue weighted by atomic mass is 9.97. The van der Waals surface area contributed by atoms with Gasteiger partial charge in [0, 0.05) is 13.1 Å². The van der Waals surface area contributed by atoms with Crippen molar-refractivity contribution in [3.05, 3.63) is 47.5 Å². The van der Waals surface area contributed by atoms with Gasteiger partial charge in [0.1, 0.15) is 5.75 Å². The zero-order valence-electron chi connectivity index (χ0n) is 17.7. The molecule has 0 bridgehead atoms. The van der Waals surface area contributed by atoms with Gasteiger partial charge in [-0.3, -0.25) is 9.69 Å². The molecule has 1 aliphatic rings. The molecule has 29 heavy (non-hydrogen) atoms. The number of para-hydroxylation sites is 2. The van der Waals surface area contributed by atoms with Crippen LogP contribution in [0.3, 0.4) is 0 Å². The van der Waals surface area contributed by atoms with Gasteiger partial charge in [-0.25, -0.2) is 0 Å². The Morgan fingerprint density at radius 1 is 1.07 bits per heavy atom. The van der Waals surface area contributed by atoms with Gasteiger partial charge in [-0.15, -0.1) is 0 Å². The maximum Gasteiger partial charge on any atom is 0.241 e. The van der Waals surface area contributed by atoms with Crippen LogP contribution < -0.4 is 19.5 Å². The summed E-state index contributed by atoms with van der Waals surface area (Å²) in [4.78, 5) is 15.0. The number of benzene rings is 2. The fraction of sp³-hybridized carbons (Fsp3) is 0.435. The predicted octanol–water partition coefficient (Wildman–Crippen LogP) is 3.88. The minimum atomic E-state index is -0.268. The fourth-order valence-electron chi connectivity index (χ4n) is 3.60. The number of amides is 1. The third-order valence-electron chi connectivity index (χ3n) is 5.20. The van der Waals surface area contributed by atoms with E-state index in [0.29, 0.717) is 31.2 Å². The number of methoxy groups -OCH3 is 1. The van der Waals surface area contributed by atoms with Gasteiger partial charge >= 0.3 is 0 Å². The maximum atomic E-state index is 12.8.